The molecule has 2 fully saturated rings. The Morgan fingerprint density at radius 1 is 1.38 bits per heavy atom. The van der Waals surface area contributed by atoms with Crippen LogP contribution in [0.2, 0.25) is 0 Å². The maximum absolute atomic E-state index is 11.0. The lowest BCUT2D eigenvalue weighted by molar-refractivity contribution is -0.149. The lowest BCUT2D eigenvalue weighted by atomic mass is 10.3. The SMILES string of the molecule is CCC(=O)OC1CC2OCOC2C1. The first-order valence-electron chi connectivity index (χ1n) is 4.72. The summed E-state index contributed by atoms with van der Waals surface area (Å²) in [5, 5.41) is 0. The maximum Gasteiger partial charge on any atom is 0.305 e. The molecular weight excluding hydrogens is 172 g/mol. The van der Waals surface area contributed by atoms with Crippen molar-refractivity contribution in [3.63, 3.8) is 0 Å². The van der Waals surface area contributed by atoms with E-state index in [0.717, 1.165) is 12.8 Å². The second-order valence-electron chi connectivity index (χ2n) is 3.46. The van der Waals surface area contributed by atoms with Crippen LogP contribution in [0.3, 0.4) is 0 Å². The number of esters is 1. The quantitative estimate of drug-likeness (QED) is 0.599. The second-order valence-corrected chi connectivity index (χ2v) is 3.46. The summed E-state index contributed by atoms with van der Waals surface area (Å²) in [6.45, 7) is 2.19. The van der Waals surface area contributed by atoms with Gasteiger partial charge in [-0.2, -0.15) is 0 Å². The van der Waals surface area contributed by atoms with Crippen LogP contribution < -0.4 is 0 Å². The molecule has 0 spiro atoms. The van der Waals surface area contributed by atoms with E-state index in [-0.39, 0.29) is 24.3 Å². The highest BCUT2D eigenvalue weighted by molar-refractivity contribution is 5.69. The van der Waals surface area contributed by atoms with Crippen LogP contribution in [0.1, 0.15) is 26.2 Å². The van der Waals surface area contributed by atoms with Crippen molar-refractivity contribution in [2.24, 2.45) is 0 Å². The van der Waals surface area contributed by atoms with Crippen molar-refractivity contribution in [2.75, 3.05) is 6.79 Å². The van der Waals surface area contributed by atoms with Gasteiger partial charge in [-0.25, -0.2) is 0 Å². The fourth-order valence-electron chi connectivity index (χ4n) is 1.85. The Morgan fingerprint density at radius 2 is 2.00 bits per heavy atom. The molecular formula is C9H14O4. The molecule has 0 amide bonds. The molecule has 2 unspecified atom stereocenters. The molecule has 1 heterocycles. The van der Waals surface area contributed by atoms with Crippen LogP contribution >= 0.6 is 0 Å². The molecule has 0 bridgehead atoms. The van der Waals surface area contributed by atoms with Crippen molar-refractivity contribution in [1.29, 1.82) is 0 Å². The molecule has 0 aromatic carbocycles. The van der Waals surface area contributed by atoms with E-state index in [1.54, 1.807) is 6.92 Å². The number of hydrogen-bond donors (Lipinski definition) is 0. The van der Waals surface area contributed by atoms with Crippen LogP contribution in [0.5, 0.6) is 0 Å². The second kappa shape index (κ2) is 3.64. The molecule has 0 N–H and O–H groups in total. The molecule has 0 aromatic heterocycles. The topological polar surface area (TPSA) is 44.8 Å². The lowest BCUT2D eigenvalue weighted by Gasteiger charge is -2.11. The Morgan fingerprint density at radius 3 is 2.54 bits per heavy atom. The van der Waals surface area contributed by atoms with Gasteiger partial charge in [-0.05, 0) is 0 Å². The Hall–Kier alpha value is -0.610. The van der Waals surface area contributed by atoms with Crippen molar-refractivity contribution >= 4 is 5.97 Å². The number of carbonyl (C=O) groups excluding carboxylic acids is 1. The molecule has 0 aromatic rings. The Bertz CT molecular complexity index is 192. The van der Waals surface area contributed by atoms with E-state index in [9.17, 15) is 4.79 Å². The Labute approximate surface area is 77.1 Å². The first kappa shape index (κ1) is 8.97. The van der Waals surface area contributed by atoms with E-state index in [2.05, 4.69) is 0 Å². The summed E-state index contributed by atoms with van der Waals surface area (Å²) >= 11 is 0. The number of carbonyl (C=O) groups is 1. The maximum atomic E-state index is 11.0. The summed E-state index contributed by atoms with van der Waals surface area (Å²) in [6.07, 6.45) is 2.31. The summed E-state index contributed by atoms with van der Waals surface area (Å²) in [5.74, 6) is -0.134. The van der Waals surface area contributed by atoms with Crippen LogP contribution in [-0.4, -0.2) is 31.1 Å². The van der Waals surface area contributed by atoms with E-state index in [0.29, 0.717) is 13.2 Å². The van der Waals surface area contributed by atoms with Gasteiger partial charge in [0.05, 0.1) is 12.2 Å². The van der Waals surface area contributed by atoms with Crippen molar-refractivity contribution in [3.05, 3.63) is 0 Å². The Balaban J connectivity index is 1.82. The molecule has 2 atom stereocenters. The average Bonchev–Trinajstić information content (AvgIpc) is 2.63. The van der Waals surface area contributed by atoms with Crippen LogP contribution in [0, 0.1) is 0 Å². The molecule has 4 heteroatoms. The smallest absolute Gasteiger partial charge is 0.305 e. The third-order valence-electron chi connectivity index (χ3n) is 2.56. The van der Waals surface area contributed by atoms with Gasteiger partial charge in [0, 0.05) is 19.3 Å². The van der Waals surface area contributed by atoms with Crippen molar-refractivity contribution < 1.29 is 19.0 Å². The standard InChI is InChI=1S/C9H14O4/c1-2-9(10)13-6-3-7-8(4-6)12-5-11-7/h6-8H,2-5H2,1H3. The number of hydrogen-bond acceptors (Lipinski definition) is 4. The molecule has 4 nitrogen and oxygen atoms in total. The van der Waals surface area contributed by atoms with Gasteiger partial charge in [-0.15, -0.1) is 0 Å². The van der Waals surface area contributed by atoms with Crippen LogP contribution in [-0.2, 0) is 19.0 Å². The zero-order valence-corrected chi connectivity index (χ0v) is 7.69. The number of fused-ring (bicyclic) bond motifs is 1. The highest BCUT2D eigenvalue weighted by atomic mass is 16.7. The first-order chi connectivity index (χ1) is 6.29. The monoisotopic (exact) mass is 186 g/mol. The Kier molecular flexibility index (Phi) is 2.51. The van der Waals surface area contributed by atoms with Gasteiger partial charge in [0.15, 0.2) is 0 Å². The molecule has 2 rings (SSSR count). The fraction of sp³-hybridized carbons (Fsp3) is 0.889. The minimum Gasteiger partial charge on any atom is -0.462 e. The van der Waals surface area contributed by atoms with Gasteiger partial charge < -0.3 is 14.2 Å². The third-order valence-corrected chi connectivity index (χ3v) is 2.56. The van der Waals surface area contributed by atoms with E-state index in [1.165, 1.54) is 0 Å². The molecule has 1 saturated heterocycles. The van der Waals surface area contributed by atoms with Gasteiger partial charge in [-0.1, -0.05) is 6.92 Å². The normalized spacial score (nSPS) is 37.5. The zero-order valence-electron chi connectivity index (χ0n) is 7.69. The molecule has 74 valence electrons. The lowest BCUT2D eigenvalue weighted by Crippen LogP contribution is -2.16. The summed E-state index contributed by atoms with van der Waals surface area (Å²) < 4.78 is 15.8. The van der Waals surface area contributed by atoms with Crippen LogP contribution in [0.25, 0.3) is 0 Å². The molecule has 0 radical (unpaired) electrons. The van der Waals surface area contributed by atoms with Gasteiger partial charge in [0.2, 0.25) is 0 Å². The molecule has 13 heavy (non-hydrogen) atoms. The zero-order chi connectivity index (χ0) is 9.26. The third kappa shape index (κ3) is 1.84. The van der Waals surface area contributed by atoms with Gasteiger partial charge >= 0.3 is 5.97 Å². The van der Waals surface area contributed by atoms with E-state index >= 15 is 0 Å². The highest BCUT2D eigenvalue weighted by Gasteiger charge is 2.41. The summed E-state index contributed by atoms with van der Waals surface area (Å²) in [5.41, 5.74) is 0. The predicted molar refractivity (Wildman–Crippen MR) is 44.0 cm³/mol. The summed E-state index contributed by atoms with van der Waals surface area (Å²) in [7, 11) is 0. The van der Waals surface area contributed by atoms with E-state index in [1.807, 2.05) is 0 Å². The van der Waals surface area contributed by atoms with Crippen LogP contribution in [0.15, 0.2) is 0 Å². The van der Waals surface area contributed by atoms with E-state index in [4.69, 9.17) is 14.2 Å². The molecule has 1 aliphatic carbocycles. The van der Waals surface area contributed by atoms with Gasteiger partial charge in [0.1, 0.15) is 12.9 Å². The van der Waals surface area contributed by atoms with Gasteiger partial charge in [-0.3, -0.25) is 4.79 Å². The molecule has 1 aliphatic heterocycles. The fourth-order valence-corrected chi connectivity index (χ4v) is 1.85. The van der Waals surface area contributed by atoms with Crippen LogP contribution in [0.4, 0.5) is 0 Å². The predicted octanol–water partition coefficient (Wildman–Crippen LogP) is 0.844. The first-order valence-corrected chi connectivity index (χ1v) is 4.72. The average molecular weight is 186 g/mol. The minimum absolute atomic E-state index is 0.00255. The summed E-state index contributed by atoms with van der Waals surface area (Å²) in [6, 6.07) is 0. The minimum atomic E-state index is -0.134. The van der Waals surface area contributed by atoms with Crippen molar-refractivity contribution in [1.82, 2.24) is 0 Å². The van der Waals surface area contributed by atoms with E-state index < -0.39 is 0 Å². The summed E-state index contributed by atoms with van der Waals surface area (Å²) in [4.78, 5) is 11.0. The number of ether oxygens (including phenoxy) is 3. The van der Waals surface area contributed by atoms with Crippen molar-refractivity contribution in [2.45, 2.75) is 44.5 Å². The largest absolute Gasteiger partial charge is 0.462 e. The van der Waals surface area contributed by atoms with Crippen molar-refractivity contribution in [3.8, 4) is 0 Å². The van der Waals surface area contributed by atoms with Gasteiger partial charge in [0.25, 0.3) is 0 Å². The molecule has 1 saturated carbocycles. The molecule has 2 aliphatic rings. The highest BCUT2D eigenvalue weighted by Crippen LogP contribution is 2.31. The number of rotatable bonds is 2.